The van der Waals surface area contributed by atoms with Crippen LogP contribution in [0, 0.1) is 5.92 Å². The lowest BCUT2D eigenvalue weighted by Gasteiger charge is -2.21. The third kappa shape index (κ3) is 4.20. The van der Waals surface area contributed by atoms with E-state index in [1.165, 1.54) is 6.07 Å². The average molecular weight is 420 g/mol. The Balaban J connectivity index is 1.85. The first-order valence-electron chi connectivity index (χ1n) is 8.95. The number of amides is 1. The first-order chi connectivity index (χ1) is 13.2. The van der Waals surface area contributed by atoms with Crippen molar-refractivity contribution in [2.45, 2.75) is 37.8 Å². The summed E-state index contributed by atoms with van der Waals surface area (Å²) >= 11 is 5.91. The number of sulfonamides is 1. The molecule has 0 unspecified atom stereocenters. The summed E-state index contributed by atoms with van der Waals surface area (Å²) in [7, 11) is -3.65. The summed E-state index contributed by atoms with van der Waals surface area (Å²) < 4.78 is 27.0. The van der Waals surface area contributed by atoms with Crippen molar-refractivity contribution in [2.75, 3.05) is 0 Å². The highest BCUT2D eigenvalue weighted by Crippen LogP contribution is 2.24. The maximum atomic E-state index is 12.9. The molecule has 1 heterocycles. The van der Waals surface area contributed by atoms with Crippen molar-refractivity contribution in [3.63, 3.8) is 0 Å². The number of carbonyl (C=O) groups is 1. The number of nitrogens with one attached hydrogen (secondary N) is 2. The Morgan fingerprint density at radius 3 is 2.36 bits per heavy atom. The highest BCUT2D eigenvalue weighted by Gasteiger charge is 2.32. The van der Waals surface area contributed by atoms with Gasteiger partial charge in [-0.25, -0.2) is 8.42 Å². The lowest BCUT2D eigenvalue weighted by atomic mass is 10.0. The molecule has 0 aliphatic carbocycles. The Hall–Kier alpha value is -2.38. The summed E-state index contributed by atoms with van der Waals surface area (Å²) in [6.07, 6.45) is 0. The largest absolute Gasteiger partial charge is 0.348 e. The van der Waals surface area contributed by atoms with Crippen LogP contribution in [0.5, 0.6) is 0 Å². The zero-order valence-corrected chi connectivity index (χ0v) is 17.4. The number of carbonyl (C=O) groups excluding carboxylic acids is 1. The molecule has 1 amide bonds. The van der Waals surface area contributed by atoms with E-state index in [0.717, 1.165) is 5.56 Å². The monoisotopic (exact) mass is 419 g/mol. The van der Waals surface area contributed by atoms with Gasteiger partial charge in [0.1, 0.15) is 11.9 Å². The van der Waals surface area contributed by atoms with Gasteiger partial charge in [0.15, 0.2) is 0 Å². The minimum absolute atomic E-state index is 0.123. The molecule has 6 nitrogen and oxygen atoms in total. The minimum Gasteiger partial charge on any atom is -0.348 e. The molecule has 1 aliphatic heterocycles. The second kappa shape index (κ2) is 7.93. The third-order valence-electron chi connectivity index (χ3n) is 4.56. The first kappa shape index (κ1) is 20.4. The molecule has 0 aromatic heterocycles. The second-order valence-corrected chi connectivity index (χ2v) is 9.14. The molecular weight excluding hydrogens is 398 g/mol. The van der Waals surface area contributed by atoms with Gasteiger partial charge in [0.2, 0.25) is 5.91 Å². The molecule has 2 aromatic rings. The number of hydrogen-bond donors (Lipinski definition) is 2. The summed E-state index contributed by atoms with van der Waals surface area (Å²) in [4.78, 5) is 17.5. The van der Waals surface area contributed by atoms with E-state index in [-0.39, 0.29) is 28.6 Å². The predicted molar refractivity (Wildman–Crippen MR) is 110 cm³/mol. The number of halogens is 1. The van der Waals surface area contributed by atoms with E-state index in [9.17, 15) is 13.2 Å². The van der Waals surface area contributed by atoms with Crippen molar-refractivity contribution in [1.82, 2.24) is 10.0 Å². The Bertz CT molecular complexity index is 1020. The number of amidine groups is 1. The lowest BCUT2D eigenvalue weighted by Crippen LogP contribution is -2.39. The SMILES string of the molecule is CC(C)[C@H](N=C1NS(=O)(=O)c2ccccc21)C(=O)N[C@@H](C)c1ccc(Cl)cc1. The van der Waals surface area contributed by atoms with Gasteiger partial charge in [-0.05, 0) is 42.7 Å². The number of nitrogens with zero attached hydrogens (tertiary/aromatic N) is 1. The summed E-state index contributed by atoms with van der Waals surface area (Å²) in [6.45, 7) is 5.62. The molecule has 2 aromatic carbocycles. The topological polar surface area (TPSA) is 87.6 Å². The minimum atomic E-state index is -3.65. The maximum Gasteiger partial charge on any atom is 0.263 e. The van der Waals surface area contributed by atoms with Gasteiger partial charge in [-0.2, -0.15) is 0 Å². The van der Waals surface area contributed by atoms with Gasteiger partial charge in [0, 0.05) is 10.6 Å². The lowest BCUT2D eigenvalue weighted by molar-refractivity contribution is -0.123. The maximum absolute atomic E-state index is 12.9. The number of rotatable bonds is 5. The molecular formula is C20H22ClN3O3S. The molecule has 8 heteroatoms. The molecule has 0 spiro atoms. The number of benzene rings is 2. The van der Waals surface area contributed by atoms with Crippen molar-refractivity contribution in [2.24, 2.45) is 10.9 Å². The standard InChI is InChI=1S/C20H22ClN3O3S/c1-12(2)18(20(25)22-13(3)14-8-10-15(21)11-9-14)23-19-16-6-4-5-7-17(16)28(26,27)24-19/h4-13,18H,1-3H3,(H,22,25)(H,23,24)/t13-,18-/m0/s1. The summed E-state index contributed by atoms with van der Waals surface area (Å²) in [5.41, 5.74) is 1.39. The zero-order valence-electron chi connectivity index (χ0n) is 15.8. The molecule has 1 aliphatic rings. The van der Waals surface area contributed by atoms with Crippen molar-refractivity contribution < 1.29 is 13.2 Å². The Morgan fingerprint density at radius 2 is 1.71 bits per heavy atom. The van der Waals surface area contributed by atoms with Crippen LogP contribution in [-0.4, -0.2) is 26.2 Å². The van der Waals surface area contributed by atoms with Crippen LogP contribution in [0.1, 0.15) is 37.9 Å². The van der Waals surface area contributed by atoms with Crippen LogP contribution in [-0.2, 0) is 14.8 Å². The summed E-state index contributed by atoms with van der Waals surface area (Å²) in [5, 5.41) is 3.58. The van der Waals surface area contributed by atoms with Crippen molar-refractivity contribution in [3.8, 4) is 0 Å². The van der Waals surface area contributed by atoms with Crippen LogP contribution in [0.25, 0.3) is 0 Å². The van der Waals surface area contributed by atoms with Crippen LogP contribution in [0.3, 0.4) is 0 Å². The molecule has 0 fully saturated rings. The number of aliphatic imine (C=N–C) groups is 1. The average Bonchev–Trinajstić information content (AvgIpc) is 2.90. The second-order valence-electron chi connectivity index (χ2n) is 7.05. The van der Waals surface area contributed by atoms with E-state index >= 15 is 0 Å². The van der Waals surface area contributed by atoms with Crippen LogP contribution in [0.2, 0.25) is 5.02 Å². The summed E-state index contributed by atoms with van der Waals surface area (Å²) in [6, 6.07) is 12.9. The van der Waals surface area contributed by atoms with Crippen LogP contribution in [0.4, 0.5) is 0 Å². The molecule has 28 heavy (non-hydrogen) atoms. The van der Waals surface area contributed by atoms with Gasteiger partial charge in [0.05, 0.1) is 10.9 Å². The number of hydrogen-bond acceptors (Lipinski definition) is 4. The molecule has 0 radical (unpaired) electrons. The molecule has 148 valence electrons. The van der Waals surface area contributed by atoms with Crippen molar-refractivity contribution in [3.05, 3.63) is 64.7 Å². The van der Waals surface area contributed by atoms with Crippen molar-refractivity contribution >= 4 is 33.4 Å². The summed E-state index contributed by atoms with van der Waals surface area (Å²) in [5.74, 6) is -0.195. The highest BCUT2D eigenvalue weighted by atomic mass is 35.5. The van der Waals surface area contributed by atoms with Crippen LogP contribution < -0.4 is 10.0 Å². The van der Waals surface area contributed by atoms with E-state index in [2.05, 4.69) is 15.0 Å². The van der Waals surface area contributed by atoms with Gasteiger partial charge in [-0.1, -0.05) is 49.7 Å². The van der Waals surface area contributed by atoms with Gasteiger partial charge in [-0.3, -0.25) is 14.5 Å². The fraction of sp³-hybridized carbons (Fsp3) is 0.300. The first-order valence-corrected chi connectivity index (χ1v) is 10.8. The Labute approximate surface area is 170 Å². The van der Waals surface area contributed by atoms with E-state index in [4.69, 9.17) is 11.6 Å². The molecule has 2 atom stereocenters. The molecule has 3 rings (SSSR count). The zero-order chi connectivity index (χ0) is 20.5. The van der Waals surface area contributed by atoms with Gasteiger partial charge >= 0.3 is 0 Å². The van der Waals surface area contributed by atoms with Crippen LogP contribution >= 0.6 is 11.6 Å². The molecule has 0 saturated heterocycles. The highest BCUT2D eigenvalue weighted by molar-refractivity contribution is 7.90. The van der Waals surface area contributed by atoms with Gasteiger partial charge < -0.3 is 5.32 Å². The van der Waals surface area contributed by atoms with E-state index in [0.29, 0.717) is 10.6 Å². The quantitative estimate of drug-likeness (QED) is 0.779. The fourth-order valence-corrected chi connectivity index (χ4v) is 4.38. The van der Waals surface area contributed by atoms with E-state index in [1.54, 1.807) is 30.3 Å². The van der Waals surface area contributed by atoms with Gasteiger partial charge in [0.25, 0.3) is 10.0 Å². The predicted octanol–water partition coefficient (Wildman–Crippen LogP) is 3.28. The van der Waals surface area contributed by atoms with E-state index < -0.39 is 16.1 Å². The fourth-order valence-electron chi connectivity index (χ4n) is 3.01. The third-order valence-corrected chi connectivity index (χ3v) is 6.21. The van der Waals surface area contributed by atoms with E-state index in [1.807, 2.05) is 32.9 Å². The number of fused-ring (bicyclic) bond motifs is 1. The van der Waals surface area contributed by atoms with Crippen molar-refractivity contribution in [1.29, 1.82) is 0 Å². The Kier molecular flexibility index (Phi) is 5.76. The van der Waals surface area contributed by atoms with Gasteiger partial charge in [-0.15, -0.1) is 0 Å². The molecule has 2 N–H and O–H groups in total. The smallest absolute Gasteiger partial charge is 0.263 e. The van der Waals surface area contributed by atoms with Crippen LogP contribution in [0.15, 0.2) is 58.4 Å². The normalized spacial score (nSPS) is 18.4. The molecule has 0 bridgehead atoms. The molecule has 0 saturated carbocycles. The Morgan fingerprint density at radius 1 is 1.07 bits per heavy atom.